The Morgan fingerprint density at radius 1 is 1.21 bits per heavy atom. The van der Waals surface area contributed by atoms with Crippen LogP contribution in [-0.2, 0) is 6.42 Å². The van der Waals surface area contributed by atoms with Gasteiger partial charge in [0, 0.05) is 11.6 Å². The molecular weight excluding hydrogens is 281 g/mol. The highest BCUT2D eigenvalue weighted by molar-refractivity contribution is 6.31. The van der Waals surface area contributed by atoms with Gasteiger partial charge in [-0.15, -0.1) is 0 Å². The van der Waals surface area contributed by atoms with E-state index in [0.29, 0.717) is 17.4 Å². The molecule has 0 aliphatic carbocycles. The number of hydrogen-bond acceptors (Lipinski definition) is 3. The molecule has 0 fully saturated rings. The Morgan fingerprint density at radius 2 is 2.05 bits per heavy atom. The first kappa shape index (κ1) is 13.7. The van der Waals surface area contributed by atoms with Gasteiger partial charge < -0.3 is 5.32 Å². The van der Waals surface area contributed by atoms with Crippen LogP contribution in [0.4, 0.5) is 5.82 Å². The van der Waals surface area contributed by atoms with Crippen LogP contribution in [0.2, 0.25) is 10.0 Å². The molecule has 2 aromatic rings. The molecule has 5 heteroatoms. The maximum Gasteiger partial charge on any atom is 0.161 e. The highest BCUT2D eigenvalue weighted by Gasteiger charge is 2.02. The number of pyridine rings is 1. The molecular formula is C14H11Cl2N3. The van der Waals surface area contributed by atoms with Gasteiger partial charge in [-0.3, -0.25) is 0 Å². The summed E-state index contributed by atoms with van der Waals surface area (Å²) in [5, 5.41) is 13.1. The summed E-state index contributed by atoms with van der Waals surface area (Å²) in [7, 11) is 0. The molecule has 0 atom stereocenters. The van der Waals surface area contributed by atoms with Gasteiger partial charge in [0.25, 0.3) is 0 Å². The first-order chi connectivity index (χ1) is 9.19. The molecule has 1 N–H and O–H groups in total. The van der Waals surface area contributed by atoms with Crippen LogP contribution in [0.25, 0.3) is 0 Å². The van der Waals surface area contributed by atoms with Crippen LogP contribution in [0.15, 0.2) is 36.4 Å². The van der Waals surface area contributed by atoms with Crippen molar-refractivity contribution in [1.82, 2.24) is 4.98 Å². The summed E-state index contributed by atoms with van der Waals surface area (Å²) in [6.07, 6.45) is 0.826. The fraction of sp³-hybridized carbons (Fsp3) is 0.143. The molecule has 0 bridgehead atoms. The fourth-order valence-corrected chi connectivity index (χ4v) is 2.01. The van der Waals surface area contributed by atoms with E-state index < -0.39 is 0 Å². The molecule has 0 unspecified atom stereocenters. The van der Waals surface area contributed by atoms with Crippen LogP contribution in [0.1, 0.15) is 11.3 Å². The van der Waals surface area contributed by atoms with Crippen molar-refractivity contribution >= 4 is 29.0 Å². The number of nitrogens with one attached hydrogen (secondary N) is 1. The topological polar surface area (TPSA) is 48.7 Å². The van der Waals surface area contributed by atoms with Crippen molar-refractivity contribution in [2.24, 2.45) is 0 Å². The number of anilines is 1. The molecule has 0 saturated carbocycles. The van der Waals surface area contributed by atoms with Crippen LogP contribution >= 0.6 is 23.2 Å². The molecule has 0 aliphatic rings. The maximum atomic E-state index is 8.84. The summed E-state index contributed by atoms with van der Waals surface area (Å²) in [4.78, 5) is 4.11. The quantitative estimate of drug-likeness (QED) is 0.929. The Kier molecular flexibility index (Phi) is 4.62. The van der Waals surface area contributed by atoms with Gasteiger partial charge >= 0.3 is 0 Å². The lowest BCUT2D eigenvalue weighted by Crippen LogP contribution is -2.06. The second-order valence-electron chi connectivity index (χ2n) is 3.95. The predicted octanol–water partition coefficient (Wildman–Crippen LogP) is 3.91. The average Bonchev–Trinajstić information content (AvgIpc) is 2.41. The van der Waals surface area contributed by atoms with E-state index in [4.69, 9.17) is 28.5 Å². The van der Waals surface area contributed by atoms with Gasteiger partial charge in [-0.05, 0) is 36.2 Å². The van der Waals surface area contributed by atoms with Crippen molar-refractivity contribution in [2.45, 2.75) is 6.42 Å². The second-order valence-corrected chi connectivity index (χ2v) is 4.79. The molecule has 2 rings (SSSR count). The van der Waals surface area contributed by atoms with Crippen LogP contribution in [0, 0.1) is 11.3 Å². The summed E-state index contributed by atoms with van der Waals surface area (Å²) in [5.74, 6) is 0.642. The standard InChI is InChI=1S/C14H11Cl2N3/c15-11-3-1-2-10(8-11)6-7-18-14-5-4-12(16)13(9-17)19-14/h1-5,8H,6-7H2,(H,18,19). The third-order valence-electron chi connectivity index (χ3n) is 2.56. The van der Waals surface area contributed by atoms with Gasteiger partial charge in [-0.2, -0.15) is 5.26 Å². The molecule has 1 heterocycles. The largest absolute Gasteiger partial charge is 0.370 e. The summed E-state index contributed by atoms with van der Waals surface area (Å²) in [5.41, 5.74) is 1.38. The van der Waals surface area contributed by atoms with E-state index in [0.717, 1.165) is 17.0 Å². The first-order valence-electron chi connectivity index (χ1n) is 5.74. The van der Waals surface area contributed by atoms with E-state index in [1.165, 1.54) is 0 Å². The van der Waals surface area contributed by atoms with Crippen molar-refractivity contribution < 1.29 is 0 Å². The second kappa shape index (κ2) is 6.42. The number of aromatic nitrogens is 1. The molecule has 3 nitrogen and oxygen atoms in total. The Morgan fingerprint density at radius 3 is 2.79 bits per heavy atom. The van der Waals surface area contributed by atoms with E-state index in [9.17, 15) is 0 Å². The Bertz CT molecular complexity index is 620. The lowest BCUT2D eigenvalue weighted by Gasteiger charge is -2.06. The predicted molar refractivity (Wildman–Crippen MR) is 77.6 cm³/mol. The molecule has 1 aromatic heterocycles. The van der Waals surface area contributed by atoms with E-state index in [-0.39, 0.29) is 5.69 Å². The van der Waals surface area contributed by atoms with E-state index >= 15 is 0 Å². The minimum atomic E-state index is 0.231. The zero-order valence-corrected chi connectivity index (χ0v) is 11.5. The van der Waals surface area contributed by atoms with Gasteiger partial charge in [0.1, 0.15) is 11.9 Å². The van der Waals surface area contributed by atoms with Gasteiger partial charge in [-0.25, -0.2) is 4.98 Å². The number of hydrogen-bond donors (Lipinski definition) is 1. The zero-order chi connectivity index (χ0) is 13.7. The first-order valence-corrected chi connectivity index (χ1v) is 6.49. The average molecular weight is 292 g/mol. The normalized spacial score (nSPS) is 9.95. The number of nitriles is 1. The van der Waals surface area contributed by atoms with Crippen molar-refractivity contribution in [3.8, 4) is 6.07 Å². The number of benzene rings is 1. The van der Waals surface area contributed by atoms with Crippen molar-refractivity contribution in [2.75, 3.05) is 11.9 Å². The van der Waals surface area contributed by atoms with Gasteiger partial charge in [0.15, 0.2) is 5.69 Å². The molecule has 96 valence electrons. The monoisotopic (exact) mass is 291 g/mol. The van der Waals surface area contributed by atoms with Gasteiger partial charge in [0.2, 0.25) is 0 Å². The summed E-state index contributed by atoms with van der Waals surface area (Å²) in [6, 6.07) is 13.1. The molecule has 0 spiro atoms. The molecule has 0 amide bonds. The van der Waals surface area contributed by atoms with E-state index in [2.05, 4.69) is 10.3 Å². The van der Waals surface area contributed by atoms with Gasteiger partial charge in [-0.1, -0.05) is 35.3 Å². The van der Waals surface area contributed by atoms with Crippen molar-refractivity contribution in [1.29, 1.82) is 5.26 Å². The minimum Gasteiger partial charge on any atom is -0.370 e. The van der Waals surface area contributed by atoms with Gasteiger partial charge in [0.05, 0.1) is 5.02 Å². The maximum absolute atomic E-state index is 8.84. The lowest BCUT2D eigenvalue weighted by atomic mass is 10.1. The third-order valence-corrected chi connectivity index (χ3v) is 3.10. The molecule has 1 aromatic carbocycles. The Labute approximate surface area is 121 Å². The summed E-state index contributed by atoms with van der Waals surface area (Å²) >= 11 is 11.7. The number of rotatable bonds is 4. The smallest absolute Gasteiger partial charge is 0.161 e. The SMILES string of the molecule is N#Cc1nc(NCCc2cccc(Cl)c2)ccc1Cl. The number of halogens is 2. The van der Waals surface area contributed by atoms with Crippen LogP contribution in [-0.4, -0.2) is 11.5 Å². The van der Waals surface area contributed by atoms with Crippen molar-refractivity contribution in [3.63, 3.8) is 0 Å². The van der Waals surface area contributed by atoms with Crippen LogP contribution in [0.5, 0.6) is 0 Å². The lowest BCUT2D eigenvalue weighted by molar-refractivity contribution is 1.00. The Hall–Kier alpha value is -1.76. The van der Waals surface area contributed by atoms with E-state index in [1.54, 1.807) is 12.1 Å². The molecule has 19 heavy (non-hydrogen) atoms. The van der Waals surface area contributed by atoms with Crippen LogP contribution in [0.3, 0.4) is 0 Å². The molecule has 0 aliphatic heterocycles. The molecule has 0 radical (unpaired) electrons. The minimum absolute atomic E-state index is 0.231. The molecule has 0 saturated heterocycles. The third kappa shape index (κ3) is 3.85. The fourth-order valence-electron chi connectivity index (χ4n) is 1.65. The zero-order valence-electron chi connectivity index (χ0n) is 10.0. The highest BCUT2D eigenvalue weighted by Crippen LogP contribution is 2.16. The van der Waals surface area contributed by atoms with E-state index in [1.807, 2.05) is 30.3 Å². The Balaban J connectivity index is 1.95. The van der Waals surface area contributed by atoms with Crippen molar-refractivity contribution in [3.05, 3.63) is 57.7 Å². The highest BCUT2D eigenvalue weighted by atomic mass is 35.5. The summed E-state index contributed by atoms with van der Waals surface area (Å²) < 4.78 is 0. The van der Waals surface area contributed by atoms with Crippen LogP contribution < -0.4 is 5.32 Å². The summed E-state index contributed by atoms with van der Waals surface area (Å²) in [6.45, 7) is 0.708. The number of nitrogens with zero attached hydrogens (tertiary/aromatic N) is 2.